The van der Waals surface area contributed by atoms with Crippen LogP contribution in [0.3, 0.4) is 0 Å². The Morgan fingerprint density at radius 2 is 2.21 bits per heavy atom. The number of anilines is 2. The summed E-state index contributed by atoms with van der Waals surface area (Å²) in [6.07, 6.45) is 7.04. The van der Waals surface area contributed by atoms with Crippen molar-refractivity contribution in [2.45, 2.75) is 32.6 Å². The van der Waals surface area contributed by atoms with Gasteiger partial charge >= 0.3 is 0 Å². The molecule has 1 saturated carbocycles. The van der Waals surface area contributed by atoms with Crippen LogP contribution in [0.25, 0.3) is 11.2 Å². The molecule has 0 saturated heterocycles. The zero-order valence-corrected chi connectivity index (χ0v) is 11.2. The minimum absolute atomic E-state index is 0.633. The number of hydrogen-bond acceptors (Lipinski definition) is 5. The number of imidazole rings is 1. The lowest BCUT2D eigenvalue weighted by molar-refractivity contribution is 0.303. The summed E-state index contributed by atoms with van der Waals surface area (Å²) in [4.78, 5) is 16.2. The van der Waals surface area contributed by atoms with E-state index < -0.39 is 0 Å². The number of rotatable bonds is 6. The predicted octanol–water partition coefficient (Wildman–Crippen LogP) is 2.39. The SMILES string of the molecule is CCNc1nc(NCCC2CCC2)c2[nH]cnc2n1. The summed E-state index contributed by atoms with van der Waals surface area (Å²) >= 11 is 0. The van der Waals surface area contributed by atoms with Gasteiger partial charge in [-0.2, -0.15) is 9.97 Å². The maximum absolute atomic E-state index is 4.50. The van der Waals surface area contributed by atoms with Crippen molar-refractivity contribution in [3.05, 3.63) is 6.33 Å². The molecule has 102 valence electrons. The summed E-state index contributed by atoms with van der Waals surface area (Å²) in [6.45, 7) is 3.79. The number of aromatic amines is 1. The highest BCUT2D eigenvalue weighted by atomic mass is 15.2. The second kappa shape index (κ2) is 5.42. The highest BCUT2D eigenvalue weighted by molar-refractivity contribution is 5.83. The van der Waals surface area contributed by atoms with Crippen molar-refractivity contribution in [2.24, 2.45) is 5.92 Å². The highest BCUT2D eigenvalue weighted by Crippen LogP contribution is 2.29. The van der Waals surface area contributed by atoms with Crippen LogP contribution in [0.15, 0.2) is 6.33 Å². The van der Waals surface area contributed by atoms with E-state index in [1.165, 1.54) is 25.7 Å². The molecule has 0 radical (unpaired) electrons. The summed E-state index contributed by atoms with van der Waals surface area (Å²) in [5.41, 5.74) is 1.59. The van der Waals surface area contributed by atoms with Crippen LogP contribution in [0.5, 0.6) is 0 Å². The van der Waals surface area contributed by atoms with E-state index in [2.05, 4.69) is 30.6 Å². The first-order valence-electron chi connectivity index (χ1n) is 7.05. The third-order valence-corrected chi connectivity index (χ3v) is 3.69. The van der Waals surface area contributed by atoms with Gasteiger partial charge in [-0.05, 0) is 19.3 Å². The largest absolute Gasteiger partial charge is 0.368 e. The highest BCUT2D eigenvalue weighted by Gasteiger charge is 2.17. The van der Waals surface area contributed by atoms with Gasteiger partial charge in [0.15, 0.2) is 11.5 Å². The number of aromatic nitrogens is 4. The quantitative estimate of drug-likeness (QED) is 0.743. The number of hydrogen-bond donors (Lipinski definition) is 3. The molecule has 3 rings (SSSR count). The van der Waals surface area contributed by atoms with Crippen LogP contribution in [0.4, 0.5) is 11.8 Å². The van der Waals surface area contributed by atoms with Crippen LogP contribution in [0.2, 0.25) is 0 Å². The molecule has 0 aromatic carbocycles. The Hall–Kier alpha value is -1.85. The first-order chi connectivity index (χ1) is 9.36. The molecule has 0 amide bonds. The Kier molecular flexibility index (Phi) is 3.48. The van der Waals surface area contributed by atoms with E-state index in [-0.39, 0.29) is 0 Å². The molecule has 0 bridgehead atoms. The lowest BCUT2D eigenvalue weighted by Gasteiger charge is -2.25. The summed E-state index contributed by atoms with van der Waals surface area (Å²) in [6, 6.07) is 0. The first kappa shape index (κ1) is 12.2. The zero-order valence-electron chi connectivity index (χ0n) is 11.2. The Bertz CT molecular complexity index is 545. The Labute approximate surface area is 112 Å². The molecule has 2 aromatic heterocycles. The van der Waals surface area contributed by atoms with Gasteiger partial charge < -0.3 is 15.6 Å². The number of H-pyrrole nitrogens is 1. The van der Waals surface area contributed by atoms with E-state index in [9.17, 15) is 0 Å². The molecule has 0 unspecified atom stereocenters. The molecule has 0 aliphatic heterocycles. The van der Waals surface area contributed by atoms with Gasteiger partial charge in [0.1, 0.15) is 5.52 Å². The van der Waals surface area contributed by atoms with Crippen LogP contribution in [0.1, 0.15) is 32.6 Å². The molecule has 1 aliphatic rings. The van der Waals surface area contributed by atoms with Crippen molar-refractivity contribution >= 4 is 22.9 Å². The van der Waals surface area contributed by atoms with E-state index in [1.54, 1.807) is 6.33 Å². The first-order valence-corrected chi connectivity index (χ1v) is 7.05. The summed E-state index contributed by atoms with van der Waals surface area (Å²) < 4.78 is 0. The molecule has 0 atom stereocenters. The topological polar surface area (TPSA) is 78.5 Å². The monoisotopic (exact) mass is 260 g/mol. The van der Waals surface area contributed by atoms with E-state index in [0.717, 1.165) is 30.3 Å². The summed E-state index contributed by atoms with van der Waals surface area (Å²) in [7, 11) is 0. The lowest BCUT2D eigenvalue weighted by Crippen LogP contribution is -2.16. The van der Waals surface area contributed by atoms with Crippen LogP contribution in [0, 0.1) is 5.92 Å². The van der Waals surface area contributed by atoms with Gasteiger partial charge in [0, 0.05) is 13.1 Å². The van der Waals surface area contributed by atoms with Crippen LogP contribution < -0.4 is 10.6 Å². The second-order valence-electron chi connectivity index (χ2n) is 5.04. The van der Waals surface area contributed by atoms with E-state index in [4.69, 9.17) is 0 Å². The smallest absolute Gasteiger partial charge is 0.226 e. The molecule has 1 aliphatic carbocycles. The van der Waals surface area contributed by atoms with Gasteiger partial charge in [-0.3, -0.25) is 0 Å². The van der Waals surface area contributed by atoms with Crippen LogP contribution in [-0.2, 0) is 0 Å². The van der Waals surface area contributed by atoms with Gasteiger partial charge in [-0.15, -0.1) is 0 Å². The molecule has 6 nitrogen and oxygen atoms in total. The molecule has 1 fully saturated rings. The van der Waals surface area contributed by atoms with E-state index >= 15 is 0 Å². The number of nitrogens with zero attached hydrogens (tertiary/aromatic N) is 3. The van der Waals surface area contributed by atoms with Gasteiger partial charge in [-0.1, -0.05) is 19.3 Å². The molecular weight excluding hydrogens is 240 g/mol. The van der Waals surface area contributed by atoms with Crippen molar-refractivity contribution in [3.63, 3.8) is 0 Å². The van der Waals surface area contributed by atoms with Crippen molar-refractivity contribution in [1.29, 1.82) is 0 Å². The minimum Gasteiger partial charge on any atom is -0.368 e. The number of fused-ring (bicyclic) bond motifs is 1. The van der Waals surface area contributed by atoms with Crippen LogP contribution in [-0.4, -0.2) is 33.0 Å². The fourth-order valence-corrected chi connectivity index (χ4v) is 2.37. The van der Waals surface area contributed by atoms with Crippen molar-refractivity contribution in [2.75, 3.05) is 23.7 Å². The molecule has 2 heterocycles. The number of nitrogens with one attached hydrogen (secondary N) is 3. The third-order valence-electron chi connectivity index (χ3n) is 3.69. The molecular formula is C13H20N6. The second-order valence-corrected chi connectivity index (χ2v) is 5.04. The molecule has 0 spiro atoms. The molecule has 6 heteroatoms. The Morgan fingerprint density at radius 1 is 1.32 bits per heavy atom. The van der Waals surface area contributed by atoms with Gasteiger partial charge in [0.2, 0.25) is 5.95 Å². The molecule has 3 N–H and O–H groups in total. The average molecular weight is 260 g/mol. The predicted molar refractivity (Wildman–Crippen MR) is 76.3 cm³/mol. The standard InChI is InChI=1S/C13H20N6/c1-2-14-13-18-11(10-12(19-13)17-8-16-10)15-7-6-9-4-3-5-9/h8-9H,2-7H2,1H3,(H3,14,15,16,17,18,19). The Balaban J connectivity index is 1.73. The average Bonchev–Trinajstić information content (AvgIpc) is 2.80. The molecule has 19 heavy (non-hydrogen) atoms. The fourth-order valence-electron chi connectivity index (χ4n) is 2.37. The maximum Gasteiger partial charge on any atom is 0.226 e. The van der Waals surface area contributed by atoms with Gasteiger partial charge in [0.05, 0.1) is 6.33 Å². The van der Waals surface area contributed by atoms with Crippen molar-refractivity contribution in [1.82, 2.24) is 19.9 Å². The summed E-state index contributed by atoms with van der Waals surface area (Å²) in [5, 5.41) is 6.54. The van der Waals surface area contributed by atoms with Gasteiger partial charge in [0.25, 0.3) is 0 Å². The zero-order chi connectivity index (χ0) is 13.1. The Morgan fingerprint density at radius 3 is 2.95 bits per heavy atom. The maximum atomic E-state index is 4.50. The normalized spacial score (nSPS) is 15.4. The molecule has 2 aromatic rings. The van der Waals surface area contributed by atoms with E-state index in [0.29, 0.717) is 11.6 Å². The van der Waals surface area contributed by atoms with Gasteiger partial charge in [-0.25, -0.2) is 4.98 Å². The fraction of sp³-hybridized carbons (Fsp3) is 0.615. The van der Waals surface area contributed by atoms with Crippen molar-refractivity contribution in [3.8, 4) is 0 Å². The minimum atomic E-state index is 0.633. The lowest BCUT2D eigenvalue weighted by atomic mass is 9.83. The summed E-state index contributed by atoms with van der Waals surface area (Å²) in [5.74, 6) is 2.38. The third kappa shape index (κ3) is 2.62. The van der Waals surface area contributed by atoms with E-state index in [1.807, 2.05) is 6.92 Å². The van der Waals surface area contributed by atoms with Crippen LogP contribution >= 0.6 is 0 Å². The van der Waals surface area contributed by atoms with Crippen molar-refractivity contribution < 1.29 is 0 Å².